The summed E-state index contributed by atoms with van der Waals surface area (Å²) >= 11 is 3.37. The average molecular weight is 284 g/mol. The number of benzene rings is 1. The molecule has 0 unspecified atom stereocenters. The van der Waals surface area contributed by atoms with Crippen LogP contribution in [0.15, 0.2) is 21.0 Å². The Labute approximate surface area is 100 Å². The number of hydrogen-bond donors (Lipinski definition) is 1. The number of nitrogen functional groups attached to an aromatic ring is 1. The number of ketones is 1. The molecule has 0 spiro atoms. The molecule has 2 aromatic rings. The Morgan fingerprint density at radius 3 is 2.75 bits per heavy atom. The second-order valence-electron chi connectivity index (χ2n) is 3.35. The third-order valence-electron chi connectivity index (χ3n) is 2.33. The number of carbonyl (C=O) groups excluding carboxylic acids is 1. The number of fused-ring (bicyclic) bond motifs is 1. The van der Waals surface area contributed by atoms with Gasteiger partial charge in [0.2, 0.25) is 0 Å². The van der Waals surface area contributed by atoms with Crippen molar-refractivity contribution < 1.29 is 13.9 Å². The van der Waals surface area contributed by atoms with Crippen LogP contribution in [0.3, 0.4) is 0 Å². The van der Waals surface area contributed by atoms with E-state index in [0.717, 1.165) is 4.47 Å². The number of Topliss-reactive ketones (excluding diaryl/α,β-unsaturated/α-hetero) is 1. The second kappa shape index (κ2) is 3.83. The van der Waals surface area contributed by atoms with Crippen molar-refractivity contribution in [3.63, 3.8) is 0 Å². The van der Waals surface area contributed by atoms with Gasteiger partial charge < -0.3 is 14.9 Å². The molecule has 1 aromatic carbocycles. The Morgan fingerprint density at radius 2 is 2.19 bits per heavy atom. The minimum atomic E-state index is -0.206. The molecule has 2 N–H and O–H groups in total. The van der Waals surface area contributed by atoms with Crippen LogP contribution in [0.25, 0.3) is 11.0 Å². The summed E-state index contributed by atoms with van der Waals surface area (Å²) in [5.41, 5.74) is 6.69. The molecule has 0 saturated carbocycles. The zero-order valence-corrected chi connectivity index (χ0v) is 10.4. The topological polar surface area (TPSA) is 65.5 Å². The monoisotopic (exact) mass is 283 g/mol. The van der Waals surface area contributed by atoms with Crippen LogP contribution in [-0.4, -0.2) is 12.9 Å². The first kappa shape index (κ1) is 11.0. The number of hydrogen-bond acceptors (Lipinski definition) is 4. The van der Waals surface area contributed by atoms with Crippen LogP contribution < -0.4 is 10.5 Å². The quantitative estimate of drug-likeness (QED) is 0.861. The fraction of sp³-hybridized carbons (Fsp3) is 0.182. The van der Waals surface area contributed by atoms with Gasteiger partial charge in [-0.2, -0.15) is 0 Å². The summed E-state index contributed by atoms with van der Waals surface area (Å²) in [6, 6.07) is 3.55. The van der Waals surface area contributed by atoms with Crippen LogP contribution in [0.5, 0.6) is 5.75 Å². The molecular formula is C11H10BrNO3. The van der Waals surface area contributed by atoms with E-state index in [1.807, 2.05) is 0 Å². The molecule has 0 fully saturated rings. The highest BCUT2D eigenvalue weighted by Crippen LogP contribution is 2.39. The van der Waals surface area contributed by atoms with Gasteiger partial charge in [-0.05, 0) is 28.1 Å². The van der Waals surface area contributed by atoms with Crippen LogP contribution in [0.2, 0.25) is 0 Å². The van der Waals surface area contributed by atoms with Crippen LogP contribution in [0.1, 0.15) is 17.5 Å². The summed E-state index contributed by atoms with van der Waals surface area (Å²) in [4.78, 5) is 11.3. The van der Waals surface area contributed by atoms with Crippen molar-refractivity contribution in [1.82, 2.24) is 0 Å². The van der Waals surface area contributed by atoms with Gasteiger partial charge in [-0.15, -0.1) is 0 Å². The van der Waals surface area contributed by atoms with Crippen molar-refractivity contribution >= 4 is 38.4 Å². The van der Waals surface area contributed by atoms with Gasteiger partial charge in [0.05, 0.1) is 18.2 Å². The zero-order chi connectivity index (χ0) is 11.9. The zero-order valence-electron chi connectivity index (χ0n) is 8.83. The molecule has 0 aliphatic carbocycles. The smallest absolute Gasteiger partial charge is 0.197 e. The number of halogens is 1. The Bertz CT molecular complexity index is 574. The van der Waals surface area contributed by atoms with Gasteiger partial charge in [-0.1, -0.05) is 0 Å². The molecule has 1 aromatic heterocycles. The minimum absolute atomic E-state index is 0.167. The van der Waals surface area contributed by atoms with Crippen LogP contribution in [-0.2, 0) is 0 Å². The van der Waals surface area contributed by atoms with Crippen molar-refractivity contribution in [2.24, 2.45) is 0 Å². The number of furan rings is 1. The van der Waals surface area contributed by atoms with Gasteiger partial charge in [-0.25, -0.2) is 0 Å². The number of carbonyl (C=O) groups is 1. The lowest BCUT2D eigenvalue weighted by Gasteiger charge is -2.01. The van der Waals surface area contributed by atoms with Crippen LogP contribution in [0, 0.1) is 0 Å². The lowest BCUT2D eigenvalue weighted by atomic mass is 10.2. The number of nitrogens with two attached hydrogens (primary N) is 1. The molecule has 5 heteroatoms. The van der Waals surface area contributed by atoms with Gasteiger partial charge in [0.1, 0.15) is 0 Å². The van der Waals surface area contributed by atoms with E-state index in [2.05, 4.69) is 15.9 Å². The van der Waals surface area contributed by atoms with E-state index >= 15 is 0 Å². The summed E-state index contributed by atoms with van der Waals surface area (Å²) < 4.78 is 11.4. The normalized spacial score (nSPS) is 10.7. The Kier molecular flexibility index (Phi) is 2.63. The van der Waals surface area contributed by atoms with Crippen molar-refractivity contribution in [2.45, 2.75) is 6.92 Å². The number of ether oxygens (including phenoxy) is 1. The molecule has 0 amide bonds. The Morgan fingerprint density at radius 1 is 1.50 bits per heavy atom. The molecule has 0 atom stereocenters. The first-order valence-electron chi connectivity index (χ1n) is 4.61. The van der Waals surface area contributed by atoms with E-state index in [1.165, 1.54) is 14.0 Å². The lowest BCUT2D eigenvalue weighted by Crippen LogP contribution is -1.95. The first-order valence-corrected chi connectivity index (χ1v) is 5.41. The Hall–Kier alpha value is -1.49. The highest BCUT2D eigenvalue weighted by atomic mass is 79.9. The molecular weight excluding hydrogens is 274 g/mol. The molecule has 1 heterocycles. The van der Waals surface area contributed by atoms with Crippen molar-refractivity contribution in [3.8, 4) is 5.75 Å². The lowest BCUT2D eigenvalue weighted by molar-refractivity contribution is 0.0990. The summed E-state index contributed by atoms with van der Waals surface area (Å²) in [5.74, 6) is 0.514. The average Bonchev–Trinajstić information content (AvgIpc) is 2.58. The van der Waals surface area contributed by atoms with E-state index in [0.29, 0.717) is 22.4 Å². The largest absolute Gasteiger partial charge is 0.493 e. The maximum Gasteiger partial charge on any atom is 0.197 e. The minimum Gasteiger partial charge on any atom is -0.493 e. The van der Waals surface area contributed by atoms with Crippen LogP contribution >= 0.6 is 15.9 Å². The molecule has 2 rings (SSSR count). The van der Waals surface area contributed by atoms with Crippen LogP contribution in [0.4, 0.5) is 5.69 Å². The first-order chi connectivity index (χ1) is 7.56. The van der Waals surface area contributed by atoms with Gasteiger partial charge >= 0.3 is 0 Å². The third-order valence-corrected chi connectivity index (χ3v) is 2.99. The fourth-order valence-corrected chi connectivity index (χ4v) is 2.11. The maximum absolute atomic E-state index is 11.3. The predicted octanol–water partition coefficient (Wildman–Crippen LogP) is 2.99. The number of rotatable bonds is 2. The van der Waals surface area contributed by atoms with E-state index in [1.54, 1.807) is 12.1 Å². The Balaban J connectivity index is 2.89. The summed E-state index contributed by atoms with van der Waals surface area (Å²) in [6.45, 7) is 1.41. The molecule has 4 nitrogen and oxygen atoms in total. The summed E-state index contributed by atoms with van der Waals surface area (Å²) in [7, 11) is 1.54. The standard InChI is InChI=1S/C11H10BrNO3/c1-5(14)10-9(13)8-6(12)3-4-7(15-2)11(8)16-10/h3-4H,13H2,1-2H3. The van der Waals surface area contributed by atoms with Crippen molar-refractivity contribution in [3.05, 3.63) is 22.4 Å². The number of anilines is 1. The van der Waals surface area contributed by atoms with Gasteiger partial charge in [0.15, 0.2) is 22.9 Å². The second-order valence-corrected chi connectivity index (χ2v) is 4.21. The molecule has 0 bridgehead atoms. The summed E-state index contributed by atoms with van der Waals surface area (Å²) in [5, 5.41) is 0.671. The van der Waals surface area contributed by atoms with Crippen molar-refractivity contribution in [2.75, 3.05) is 12.8 Å². The highest BCUT2D eigenvalue weighted by Gasteiger charge is 2.19. The maximum atomic E-state index is 11.3. The number of methoxy groups -OCH3 is 1. The van der Waals surface area contributed by atoms with Gasteiger partial charge in [-0.3, -0.25) is 4.79 Å². The van der Waals surface area contributed by atoms with E-state index in [-0.39, 0.29) is 11.5 Å². The highest BCUT2D eigenvalue weighted by molar-refractivity contribution is 9.10. The summed E-state index contributed by atoms with van der Waals surface area (Å²) in [6.07, 6.45) is 0. The molecule has 16 heavy (non-hydrogen) atoms. The van der Waals surface area contributed by atoms with Crippen molar-refractivity contribution in [1.29, 1.82) is 0 Å². The van der Waals surface area contributed by atoms with Gasteiger partial charge in [0, 0.05) is 11.4 Å². The van der Waals surface area contributed by atoms with Gasteiger partial charge in [0.25, 0.3) is 0 Å². The molecule has 0 aliphatic rings. The SMILES string of the molecule is COc1ccc(Br)c2c(N)c(C(C)=O)oc12. The fourth-order valence-electron chi connectivity index (χ4n) is 1.58. The molecule has 0 aliphatic heterocycles. The molecule has 84 valence electrons. The van der Waals surface area contributed by atoms with E-state index in [9.17, 15) is 4.79 Å². The molecule has 0 radical (unpaired) electrons. The molecule has 0 saturated heterocycles. The third kappa shape index (κ3) is 1.48. The van der Waals surface area contributed by atoms with E-state index in [4.69, 9.17) is 14.9 Å². The van der Waals surface area contributed by atoms with E-state index < -0.39 is 0 Å². The predicted molar refractivity (Wildman–Crippen MR) is 64.9 cm³/mol.